The van der Waals surface area contributed by atoms with Gasteiger partial charge in [0, 0.05) is 31.2 Å². The summed E-state index contributed by atoms with van der Waals surface area (Å²) in [6.07, 6.45) is 1.49. The molecule has 0 aliphatic carbocycles. The van der Waals surface area contributed by atoms with Crippen LogP contribution in [0.2, 0.25) is 0 Å². The van der Waals surface area contributed by atoms with Crippen LogP contribution in [-0.4, -0.2) is 20.9 Å². The van der Waals surface area contributed by atoms with Gasteiger partial charge in [-0.1, -0.05) is 41.5 Å². The number of aromatic nitrogens is 3. The Balaban J connectivity index is 1.46. The zero-order valence-electron chi connectivity index (χ0n) is 21.3. The Morgan fingerprint density at radius 3 is 2.46 bits per heavy atom. The Labute approximate surface area is 239 Å². The number of rotatable bonds is 8. The lowest BCUT2D eigenvalue weighted by Crippen LogP contribution is -2.29. The van der Waals surface area contributed by atoms with Crippen LogP contribution >= 0.6 is 27.7 Å². The SMILES string of the molecule is CC(C)c1ccc2c(Nc3cc(C(=O)NNc4ccc(Br)cc4)ccc3Sc3ccc(N)cc3)ncnc2n1. The third-order valence-corrected chi connectivity index (χ3v) is 7.49. The monoisotopic (exact) mass is 599 g/mol. The molecule has 2 heterocycles. The molecule has 39 heavy (non-hydrogen) atoms. The van der Waals surface area contributed by atoms with Crippen molar-refractivity contribution in [2.24, 2.45) is 0 Å². The molecule has 10 heteroatoms. The molecule has 8 nitrogen and oxygen atoms in total. The highest BCUT2D eigenvalue weighted by Crippen LogP contribution is 2.36. The molecule has 1 amide bonds. The van der Waals surface area contributed by atoms with Crippen molar-refractivity contribution in [3.8, 4) is 0 Å². The van der Waals surface area contributed by atoms with E-state index < -0.39 is 0 Å². The lowest BCUT2D eigenvalue weighted by Gasteiger charge is -2.15. The van der Waals surface area contributed by atoms with Crippen LogP contribution in [0.4, 0.5) is 22.9 Å². The van der Waals surface area contributed by atoms with Gasteiger partial charge in [-0.25, -0.2) is 15.0 Å². The van der Waals surface area contributed by atoms with Crippen LogP contribution in [0.15, 0.2) is 99.5 Å². The van der Waals surface area contributed by atoms with Crippen LogP contribution in [0.5, 0.6) is 0 Å². The maximum atomic E-state index is 13.0. The number of hydrazine groups is 1. The van der Waals surface area contributed by atoms with Crippen molar-refractivity contribution >= 4 is 67.5 Å². The maximum absolute atomic E-state index is 13.0. The summed E-state index contributed by atoms with van der Waals surface area (Å²) in [5.74, 6) is 0.609. The van der Waals surface area contributed by atoms with Crippen molar-refractivity contribution in [3.63, 3.8) is 0 Å². The lowest BCUT2D eigenvalue weighted by atomic mass is 10.1. The predicted octanol–water partition coefficient (Wildman–Crippen LogP) is 7.14. The summed E-state index contributed by atoms with van der Waals surface area (Å²) in [5, 5.41) is 4.22. The summed E-state index contributed by atoms with van der Waals surface area (Å²) in [6, 6.07) is 24.6. The fourth-order valence-electron chi connectivity index (χ4n) is 3.76. The zero-order chi connectivity index (χ0) is 27.4. The van der Waals surface area contributed by atoms with E-state index in [0.717, 1.165) is 36.7 Å². The molecule has 3 aromatic carbocycles. The molecule has 0 atom stereocenters. The number of benzene rings is 3. The van der Waals surface area contributed by atoms with Crippen molar-refractivity contribution in [1.82, 2.24) is 20.4 Å². The Morgan fingerprint density at radius 2 is 1.72 bits per heavy atom. The topological polar surface area (TPSA) is 118 Å². The number of carbonyl (C=O) groups excluding carboxylic acids is 1. The third kappa shape index (κ3) is 6.47. The van der Waals surface area contributed by atoms with Gasteiger partial charge < -0.3 is 11.1 Å². The summed E-state index contributed by atoms with van der Waals surface area (Å²) >= 11 is 4.97. The molecule has 0 aliphatic rings. The molecule has 0 unspecified atom stereocenters. The molecule has 196 valence electrons. The normalized spacial score (nSPS) is 11.0. The second-order valence-corrected chi connectivity index (χ2v) is 11.1. The van der Waals surface area contributed by atoms with E-state index in [0.29, 0.717) is 22.7 Å². The number of amides is 1. The number of pyridine rings is 1. The van der Waals surface area contributed by atoms with Crippen LogP contribution < -0.4 is 21.9 Å². The van der Waals surface area contributed by atoms with Crippen LogP contribution in [0.1, 0.15) is 35.8 Å². The summed E-state index contributed by atoms with van der Waals surface area (Å²) in [7, 11) is 0. The molecule has 2 aromatic heterocycles. The third-order valence-electron chi connectivity index (χ3n) is 5.88. The molecule has 0 aliphatic heterocycles. The first-order chi connectivity index (χ1) is 18.9. The van der Waals surface area contributed by atoms with Gasteiger partial charge in [0.15, 0.2) is 5.65 Å². The second kappa shape index (κ2) is 11.7. The minimum Gasteiger partial charge on any atom is -0.399 e. The summed E-state index contributed by atoms with van der Waals surface area (Å²) in [5.41, 5.74) is 15.8. The first-order valence-electron chi connectivity index (χ1n) is 12.2. The quantitative estimate of drug-likeness (QED) is 0.110. The Morgan fingerprint density at radius 1 is 0.949 bits per heavy atom. The molecule has 0 spiro atoms. The molecular formula is C29H26BrN7OS. The predicted molar refractivity (Wildman–Crippen MR) is 161 cm³/mol. The van der Waals surface area contributed by atoms with Crippen LogP contribution in [0, 0.1) is 0 Å². The van der Waals surface area contributed by atoms with Gasteiger partial charge in [0.05, 0.1) is 16.8 Å². The lowest BCUT2D eigenvalue weighted by molar-refractivity contribution is 0.0962. The van der Waals surface area contributed by atoms with Crippen LogP contribution in [-0.2, 0) is 0 Å². The number of fused-ring (bicyclic) bond motifs is 1. The van der Waals surface area contributed by atoms with Gasteiger partial charge in [0.25, 0.3) is 5.91 Å². The fraction of sp³-hybridized carbons (Fsp3) is 0.103. The highest BCUT2D eigenvalue weighted by atomic mass is 79.9. The molecule has 5 N–H and O–H groups in total. The van der Waals surface area contributed by atoms with Gasteiger partial charge in [-0.2, -0.15) is 0 Å². The first-order valence-corrected chi connectivity index (χ1v) is 13.8. The number of nitrogen functional groups attached to an aromatic ring is 1. The van der Waals surface area contributed by atoms with Crippen LogP contribution in [0.25, 0.3) is 11.0 Å². The molecule has 0 saturated heterocycles. The smallest absolute Gasteiger partial charge is 0.269 e. The van der Waals surface area contributed by atoms with E-state index in [1.807, 2.05) is 72.8 Å². The molecule has 5 aromatic rings. The highest BCUT2D eigenvalue weighted by Gasteiger charge is 2.14. The van der Waals surface area contributed by atoms with E-state index in [1.165, 1.54) is 6.33 Å². The fourth-order valence-corrected chi connectivity index (χ4v) is 4.91. The largest absolute Gasteiger partial charge is 0.399 e. The average molecular weight is 601 g/mol. The van der Waals surface area contributed by atoms with Gasteiger partial charge >= 0.3 is 0 Å². The first kappa shape index (κ1) is 26.5. The van der Waals surface area contributed by atoms with E-state index in [4.69, 9.17) is 10.7 Å². The molecule has 0 saturated carbocycles. The average Bonchev–Trinajstić information content (AvgIpc) is 2.94. The number of nitrogens with two attached hydrogens (primary N) is 1. The number of halogens is 1. The van der Waals surface area contributed by atoms with Gasteiger partial charge in [0.2, 0.25) is 0 Å². The van der Waals surface area contributed by atoms with Crippen molar-refractivity contribution in [2.75, 3.05) is 16.5 Å². The standard InChI is InChI=1S/C29H26BrN7OS/c1-17(2)24-13-12-23-27(34-24)32-16-33-28(23)35-25-15-18(29(38)37-36-21-8-4-19(30)5-9-21)3-14-26(25)39-22-10-6-20(31)7-11-22/h3-17,36H,31H2,1-2H3,(H,37,38)(H,32,33,34,35). The number of carbonyl (C=O) groups is 1. The van der Waals surface area contributed by atoms with Gasteiger partial charge in [0.1, 0.15) is 12.1 Å². The molecular weight excluding hydrogens is 574 g/mol. The minimum atomic E-state index is -0.277. The van der Waals surface area contributed by atoms with E-state index in [2.05, 4.69) is 55.9 Å². The summed E-state index contributed by atoms with van der Waals surface area (Å²) in [6.45, 7) is 4.19. The molecule has 0 fully saturated rings. The second-order valence-electron chi connectivity index (χ2n) is 9.08. The van der Waals surface area contributed by atoms with E-state index >= 15 is 0 Å². The van der Waals surface area contributed by atoms with Crippen molar-refractivity contribution in [2.45, 2.75) is 29.6 Å². The zero-order valence-corrected chi connectivity index (χ0v) is 23.7. The minimum absolute atomic E-state index is 0.277. The Bertz CT molecular complexity index is 1630. The number of hydrogen-bond donors (Lipinski definition) is 4. The molecule has 0 bridgehead atoms. The van der Waals surface area contributed by atoms with Crippen LogP contribution in [0.3, 0.4) is 0 Å². The number of nitrogens with zero attached hydrogens (tertiary/aromatic N) is 3. The van der Waals surface area contributed by atoms with E-state index in [-0.39, 0.29) is 11.8 Å². The van der Waals surface area contributed by atoms with Gasteiger partial charge in [-0.15, -0.1) is 0 Å². The Kier molecular flexibility index (Phi) is 7.94. The maximum Gasteiger partial charge on any atom is 0.269 e. The summed E-state index contributed by atoms with van der Waals surface area (Å²) < 4.78 is 0.956. The van der Waals surface area contributed by atoms with E-state index in [1.54, 1.807) is 17.8 Å². The van der Waals surface area contributed by atoms with E-state index in [9.17, 15) is 4.79 Å². The van der Waals surface area contributed by atoms with Crippen molar-refractivity contribution < 1.29 is 4.79 Å². The Hall–Kier alpha value is -4.15. The van der Waals surface area contributed by atoms with Crippen molar-refractivity contribution in [3.05, 3.63) is 101 Å². The van der Waals surface area contributed by atoms with Crippen molar-refractivity contribution in [1.29, 1.82) is 0 Å². The molecule has 0 radical (unpaired) electrons. The number of anilines is 4. The number of nitrogens with one attached hydrogen (secondary N) is 3. The summed E-state index contributed by atoms with van der Waals surface area (Å²) in [4.78, 5) is 28.5. The number of hydrogen-bond acceptors (Lipinski definition) is 8. The van der Waals surface area contributed by atoms with Gasteiger partial charge in [-0.3, -0.25) is 15.6 Å². The molecule has 5 rings (SSSR count). The highest BCUT2D eigenvalue weighted by molar-refractivity contribution is 9.10. The van der Waals surface area contributed by atoms with Gasteiger partial charge in [-0.05, 0) is 84.8 Å².